The van der Waals surface area contributed by atoms with Crippen LogP contribution in [0.3, 0.4) is 0 Å². The maximum atomic E-state index is 6.91. The first-order valence-electron chi connectivity index (χ1n) is 13.2. The van der Waals surface area contributed by atoms with Crippen LogP contribution in [0.2, 0.25) is 51.4 Å². The lowest BCUT2D eigenvalue weighted by Gasteiger charge is -2.39. The summed E-state index contributed by atoms with van der Waals surface area (Å²) >= 11 is 0. The molecule has 2 aliphatic rings. The van der Waals surface area contributed by atoms with E-state index in [1.807, 2.05) is 0 Å². The van der Waals surface area contributed by atoms with Crippen LogP contribution in [0.15, 0.2) is 50.6 Å². The lowest BCUT2D eigenvalue weighted by Crippen LogP contribution is -2.52. The average Bonchev–Trinajstić information content (AvgIpc) is 3.32. The number of hydrogen-bond donors (Lipinski definition) is 0. The van der Waals surface area contributed by atoms with Crippen molar-refractivity contribution in [3.8, 4) is 0 Å². The Kier molecular flexibility index (Phi) is 10.4. The second-order valence-corrected chi connectivity index (χ2v) is 24.9. The molecule has 0 saturated heterocycles. The topological polar surface area (TPSA) is 18.5 Å². The Morgan fingerprint density at radius 1 is 0.606 bits per heavy atom. The van der Waals surface area contributed by atoms with Gasteiger partial charge in [0.2, 0.25) is 0 Å². The Balaban J connectivity index is 1.87. The molecule has 2 fully saturated rings. The maximum absolute atomic E-state index is 6.91. The van der Waals surface area contributed by atoms with Crippen molar-refractivity contribution >= 4 is 25.2 Å². The number of allylic oxidation sites excluding steroid dienone is 4. The molecule has 2 aliphatic carbocycles. The molecular weight excluding hydrogens is 453 g/mol. The van der Waals surface area contributed by atoms with Gasteiger partial charge in [0.1, 0.15) is 0 Å². The van der Waals surface area contributed by atoms with E-state index in [1.54, 1.807) is 0 Å². The van der Waals surface area contributed by atoms with E-state index in [1.165, 1.54) is 50.6 Å². The molecule has 0 aromatic rings. The van der Waals surface area contributed by atoms with Gasteiger partial charge < -0.3 is 8.23 Å². The molecule has 2 rings (SSSR count). The molecule has 6 unspecified atom stereocenters. The fourth-order valence-electron chi connectivity index (χ4n) is 6.55. The molecule has 188 valence electrons. The molecule has 0 radical (unpaired) electrons. The molecule has 0 aliphatic heterocycles. The van der Waals surface area contributed by atoms with E-state index in [0.29, 0.717) is 23.7 Å². The van der Waals surface area contributed by atoms with Crippen LogP contribution in [0.4, 0.5) is 0 Å². The molecule has 0 spiro atoms. The number of rotatable bonds is 14. The first-order valence-corrected chi connectivity index (χ1v) is 22.3. The van der Waals surface area contributed by atoms with Crippen molar-refractivity contribution in [2.24, 2.45) is 35.5 Å². The molecule has 0 N–H and O–H groups in total. The fourth-order valence-corrected chi connectivity index (χ4v) is 20.7. The van der Waals surface area contributed by atoms with Gasteiger partial charge in [-0.15, -0.1) is 26.3 Å². The van der Waals surface area contributed by atoms with Gasteiger partial charge in [-0.3, -0.25) is 0 Å². The highest BCUT2D eigenvalue weighted by Gasteiger charge is 2.41. The Bertz CT molecular complexity index is 629. The van der Waals surface area contributed by atoms with Crippen LogP contribution in [-0.4, -0.2) is 25.2 Å². The van der Waals surface area contributed by atoms with Crippen LogP contribution >= 0.6 is 0 Å². The summed E-state index contributed by atoms with van der Waals surface area (Å²) in [7, 11) is -5.74. The Labute approximate surface area is 209 Å². The number of hydrogen-bond acceptors (Lipinski definition) is 2. The first-order chi connectivity index (χ1) is 15.3. The van der Waals surface area contributed by atoms with Crippen molar-refractivity contribution in [1.82, 2.24) is 0 Å². The molecule has 0 aromatic heterocycles. The third kappa shape index (κ3) is 8.92. The van der Waals surface area contributed by atoms with Gasteiger partial charge in [0.25, 0.3) is 0 Å². The van der Waals surface area contributed by atoms with Crippen molar-refractivity contribution in [2.45, 2.75) is 89.9 Å². The normalized spacial score (nSPS) is 30.8. The van der Waals surface area contributed by atoms with Gasteiger partial charge in [-0.1, -0.05) is 37.1 Å². The molecule has 0 heterocycles. The Hall–Kier alpha value is -0.469. The predicted octanol–water partition coefficient (Wildman–Crippen LogP) is 8.94. The van der Waals surface area contributed by atoms with Crippen LogP contribution in [0, 0.1) is 35.5 Å². The molecule has 5 heteroatoms. The summed E-state index contributed by atoms with van der Waals surface area (Å²) in [4.78, 5) is 0. The average molecular weight is 505 g/mol. The van der Waals surface area contributed by atoms with Crippen molar-refractivity contribution in [3.05, 3.63) is 50.6 Å². The molecule has 0 aromatic carbocycles. The second-order valence-electron chi connectivity index (χ2n) is 12.5. The summed E-state index contributed by atoms with van der Waals surface area (Å²) in [6.07, 6.45) is 16.1. The van der Waals surface area contributed by atoms with Gasteiger partial charge in [0, 0.05) is 0 Å². The highest BCUT2D eigenvalue weighted by molar-refractivity contribution is 6.87. The quantitative estimate of drug-likeness (QED) is 0.174. The third-order valence-corrected chi connectivity index (χ3v) is 19.5. The van der Waals surface area contributed by atoms with E-state index in [0.717, 1.165) is 11.8 Å². The lowest BCUT2D eigenvalue weighted by molar-refractivity contribution is 0.372. The van der Waals surface area contributed by atoms with Crippen LogP contribution in [0.5, 0.6) is 0 Å². The maximum Gasteiger partial charge on any atom is 0.311 e. The minimum atomic E-state index is -2.17. The van der Waals surface area contributed by atoms with E-state index in [4.69, 9.17) is 8.23 Å². The zero-order chi connectivity index (χ0) is 24.9. The molecule has 0 amide bonds. The van der Waals surface area contributed by atoms with Crippen molar-refractivity contribution in [3.63, 3.8) is 0 Å². The van der Waals surface area contributed by atoms with Crippen molar-refractivity contribution < 1.29 is 8.23 Å². The van der Waals surface area contributed by atoms with E-state index >= 15 is 0 Å². The van der Waals surface area contributed by atoms with Crippen LogP contribution in [0.1, 0.15) is 38.5 Å². The largest absolute Gasteiger partial charge is 0.437 e. The first kappa shape index (κ1) is 28.8. The van der Waals surface area contributed by atoms with Gasteiger partial charge in [-0.2, -0.15) is 0 Å². The predicted molar refractivity (Wildman–Crippen MR) is 154 cm³/mol. The van der Waals surface area contributed by atoms with Gasteiger partial charge in [0.05, 0.1) is 0 Å². The van der Waals surface area contributed by atoms with Crippen molar-refractivity contribution in [1.29, 1.82) is 0 Å². The molecule has 0 bridgehead atoms. The van der Waals surface area contributed by atoms with E-state index in [2.05, 4.69) is 89.9 Å². The van der Waals surface area contributed by atoms with Gasteiger partial charge in [-0.25, -0.2) is 0 Å². The van der Waals surface area contributed by atoms with E-state index in [9.17, 15) is 0 Å². The highest BCUT2D eigenvalue weighted by atomic mass is 28.5. The molecular formula is C28H52O2Si3. The van der Waals surface area contributed by atoms with Gasteiger partial charge in [0.15, 0.2) is 16.6 Å². The molecule has 2 saturated carbocycles. The van der Waals surface area contributed by atoms with Crippen LogP contribution < -0.4 is 0 Å². The second kappa shape index (κ2) is 12.0. The SMILES string of the molecule is C=CC1CC(C=C)C(CC[Si](C)(C)O[Si](C)(C)O[Si](C)(C)CCC2CC(C=C)CC2C=C)C1. The van der Waals surface area contributed by atoms with Gasteiger partial charge >= 0.3 is 8.56 Å². The van der Waals surface area contributed by atoms with Crippen molar-refractivity contribution in [2.75, 3.05) is 0 Å². The Morgan fingerprint density at radius 2 is 0.970 bits per heavy atom. The monoisotopic (exact) mass is 504 g/mol. The zero-order valence-corrected chi connectivity index (χ0v) is 25.6. The Morgan fingerprint density at radius 3 is 1.27 bits per heavy atom. The van der Waals surface area contributed by atoms with E-state index in [-0.39, 0.29) is 0 Å². The highest BCUT2D eigenvalue weighted by Crippen LogP contribution is 2.43. The summed E-state index contributed by atoms with van der Waals surface area (Å²) in [5.41, 5.74) is 0. The smallest absolute Gasteiger partial charge is 0.311 e. The van der Waals surface area contributed by atoms with Crippen LogP contribution in [-0.2, 0) is 8.23 Å². The molecule has 2 nitrogen and oxygen atoms in total. The molecule has 6 atom stereocenters. The zero-order valence-electron chi connectivity index (χ0n) is 22.6. The fraction of sp³-hybridized carbons (Fsp3) is 0.714. The molecule has 33 heavy (non-hydrogen) atoms. The van der Waals surface area contributed by atoms with Crippen LogP contribution in [0.25, 0.3) is 0 Å². The standard InChI is InChI=1S/C28H52O2Si3/c1-11-23-19-25(13-3)27(21-23)15-17-31(5,6)29-33(9,10)30-32(7,8)18-16-28-22-24(12-2)20-26(28)14-4/h11-14,23-28H,1-4,15-22H2,5-10H3. The van der Waals surface area contributed by atoms with E-state index < -0.39 is 25.2 Å². The van der Waals surface area contributed by atoms with Gasteiger partial charge in [-0.05, 0) is 113 Å². The summed E-state index contributed by atoms with van der Waals surface area (Å²) < 4.78 is 13.8. The summed E-state index contributed by atoms with van der Waals surface area (Å²) in [6.45, 7) is 30.4. The minimum Gasteiger partial charge on any atom is -0.437 e. The summed E-state index contributed by atoms with van der Waals surface area (Å²) in [5.74, 6) is 4.07. The summed E-state index contributed by atoms with van der Waals surface area (Å²) in [6, 6.07) is 2.42. The third-order valence-electron chi connectivity index (χ3n) is 8.12. The minimum absolute atomic E-state index is 0.640. The summed E-state index contributed by atoms with van der Waals surface area (Å²) in [5, 5.41) is 0. The lowest BCUT2D eigenvalue weighted by atomic mass is 9.94.